The van der Waals surface area contributed by atoms with Gasteiger partial charge in [0.05, 0.1) is 47.4 Å². The lowest BCUT2D eigenvalue weighted by Crippen LogP contribution is -2.50. The van der Waals surface area contributed by atoms with Crippen LogP contribution < -0.4 is 16.2 Å². The summed E-state index contributed by atoms with van der Waals surface area (Å²) in [6, 6.07) is 3.77. The maximum Gasteiger partial charge on any atom is 0.262 e. The summed E-state index contributed by atoms with van der Waals surface area (Å²) in [5.74, 6) is 0.856. The van der Waals surface area contributed by atoms with E-state index in [0.717, 1.165) is 43.3 Å². The predicted octanol–water partition coefficient (Wildman–Crippen LogP) is 3.34. The molecule has 1 spiro atoms. The minimum Gasteiger partial charge on any atom is -0.376 e. The lowest BCUT2D eigenvalue weighted by atomic mass is 9.73. The standard InChI is InChI=1S/C23H27ClN6O2S/c1-3-29-13-28-15-4-5-16(20(24)19(15)22(29)31)33-18-11-26-17(10-27-18)30-8-6-23(7-9-30)12-32-14(2)21(23)25/h4-5,10-11,13-14,21H,3,6-9,12,25H2,1-2H3/t14-,21+/m0/s1. The van der Waals surface area contributed by atoms with Crippen LogP contribution in [0.1, 0.15) is 26.7 Å². The number of hydrogen-bond acceptors (Lipinski definition) is 8. The van der Waals surface area contributed by atoms with E-state index in [-0.39, 0.29) is 23.1 Å². The quantitative estimate of drug-likeness (QED) is 0.599. The minimum atomic E-state index is -0.138. The molecule has 2 saturated heterocycles. The highest BCUT2D eigenvalue weighted by molar-refractivity contribution is 7.99. The molecule has 33 heavy (non-hydrogen) atoms. The van der Waals surface area contributed by atoms with Crippen molar-refractivity contribution in [1.29, 1.82) is 0 Å². The number of anilines is 1. The zero-order valence-electron chi connectivity index (χ0n) is 18.7. The molecule has 4 heterocycles. The third kappa shape index (κ3) is 4.01. The monoisotopic (exact) mass is 486 g/mol. The first kappa shape index (κ1) is 22.6. The lowest BCUT2D eigenvalue weighted by Gasteiger charge is -2.41. The molecule has 0 unspecified atom stereocenters. The van der Waals surface area contributed by atoms with Crippen LogP contribution in [0, 0.1) is 5.41 Å². The molecule has 8 nitrogen and oxygen atoms in total. The zero-order valence-corrected chi connectivity index (χ0v) is 20.3. The number of benzene rings is 1. The van der Waals surface area contributed by atoms with Crippen LogP contribution in [0.15, 0.2) is 45.6 Å². The maximum atomic E-state index is 12.7. The van der Waals surface area contributed by atoms with Crippen molar-refractivity contribution in [1.82, 2.24) is 19.5 Å². The van der Waals surface area contributed by atoms with E-state index in [1.165, 1.54) is 11.8 Å². The minimum absolute atomic E-state index is 0.0805. The van der Waals surface area contributed by atoms with Gasteiger partial charge in [-0.15, -0.1) is 0 Å². The summed E-state index contributed by atoms with van der Waals surface area (Å²) in [6.45, 7) is 7.02. The van der Waals surface area contributed by atoms with Crippen LogP contribution in [0.25, 0.3) is 10.9 Å². The van der Waals surface area contributed by atoms with Gasteiger partial charge in [0.25, 0.3) is 5.56 Å². The Kier molecular flexibility index (Phi) is 6.07. The van der Waals surface area contributed by atoms with Gasteiger partial charge in [0.15, 0.2) is 0 Å². The van der Waals surface area contributed by atoms with Crippen molar-refractivity contribution >= 4 is 40.1 Å². The van der Waals surface area contributed by atoms with Crippen LogP contribution in [0.5, 0.6) is 0 Å². The van der Waals surface area contributed by atoms with Crippen molar-refractivity contribution in [3.63, 3.8) is 0 Å². The Morgan fingerprint density at radius 3 is 2.67 bits per heavy atom. The molecular formula is C23H27ClN6O2S. The van der Waals surface area contributed by atoms with Gasteiger partial charge < -0.3 is 15.4 Å². The SMILES string of the molecule is CCn1cnc2ccc(Sc3cnc(N4CCC5(CC4)CO[C@@H](C)[C@H]5N)cn3)c(Cl)c2c1=O. The number of ether oxygens (including phenoxy) is 1. The van der Waals surface area contributed by atoms with Gasteiger partial charge in [0, 0.05) is 36.0 Å². The van der Waals surface area contributed by atoms with Gasteiger partial charge in [-0.3, -0.25) is 9.36 Å². The van der Waals surface area contributed by atoms with Crippen LogP contribution >= 0.6 is 23.4 Å². The number of fused-ring (bicyclic) bond motifs is 1. The van der Waals surface area contributed by atoms with E-state index >= 15 is 0 Å². The summed E-state index contributed by atoms with van der Waals surface area (Å²) in [7, 11) is 0. The van der Waals surface area contributed by atoms with Gasteiger partial charge in [0.2, 0.25) is 0 Å². The summed E-state index contributed by atoms with van der Waals surface area (Å²) in [5.41, 5.74) is 6.96. The number of nitrogens with two attached hydrogens (primary N) is 1. The molecule has 2 aliphatic heterocycles. The van der Waals surface area contributed by atoms with Crippen molar-refractivity contribution < 1.29 is 4.74 Å². The summed E-state index contributed by atoms with van der Waals surface area (Å²) < 4.78 is 7.37. The zero-order chi connectivity index (χ0) is 23.2. The van der Waals surface area contributed by atoms with Gasteiger partial charge >= 0.3 is 0 Å². The molecule has 2 N–H and O–H groups in total. The number of nitrogens with zero attached hydrogens (tertiary/aromatic N) is 5. The Morgan fingerprint density at radius 2 is 2.03 bits per heavy atom. The van der Waals surface area contributed by atoms with Gasteiger partial charge in [-0.2, -0.15) is 0 Å². The Morgan fingerprint density at radius 1 is 1.24 bits per heavy atom. The normalized spacial score (nSPS) is 22.4. The van der Waals surface area contributed by atoms with Crippen LogP contribution in [0.4, 0.5) is 5.82 Å². The Hall–Kier alpha value is -2.20. The molecule has 174 valence electrons. The highest BCUT2D eigenvalue weighted by Gasteiger charge is 2.47. The van der Waals surface area contributed by atoms with Crippen molar-refractivity contribution in [3.8, 4) is 0 Å². The molecule has 2 fully saturated rings. The fraction of sp³-hybridized carbons (Fsp3) is 0.478. The Balaban J connectivity index is 1.31. The molecule has 0 aliphatic carbocycles. The fourth-order valence-electron chi connectivity index (χ4n) is 4.78. The fourth-order valence-corrected chi connectivity index (χ4v) is 5.90. The largest absolute Gasteiger partial charge is 0.376 e. The molecule has 1 aromatic carbocycles. The molecule has 2 aliphatic rings. The Bertz CT molecular complexity index is 1230. The second-order valence-electron chi connectivity index (χ2n) is 8.81. The molecular weight excluding hydrogens is 460 g/mol. The first-order valence-electron chi connectivity index (χ1n) is 11.2. The molecule has 0 bridgehead atoms. The van der Waals surface area contributed by atoms with E-state index in [4.69, 9.17) is 22.1 Å². The smallest absolute Gasteiger partial charge is 0.262 e. The van der Waals surface area contributed by atoms with Crippen molar-refractivity contribution in [2.24, 2.45) is 11.1 Å². The second-order valence-corrected chi connectivity index (χ2v) is 10.3. The van der Waals surface area contributed by atoms with Gasteiger partial charge in [0.1, 0.15) is 10.8 Å². The number of rotatable bonds is 4. The summed E-state index contributed by atoms with van der Waals surface area (Å²) in [5, 5.41) is 1.55. The van der Waals surface area contributed by atoms with Gasteiger partial charge in [-0.1, -0.05) is 23.4 Å². The maximum absolute atomic E-state index is 12.7. The van der Waals surface area contributed by atoms with Gasteiger partial charge in [-0.05, 0) is 38.8 Å². The first-order valence-corrected chi connectivity index (χ1v) is 12.4. The van der Waals surface area contributed by atoms with Crippen LogP contribution in [-0.2, 0) is 11.3 Å². The number of piperidine rings is 1. The molecule has 2 atom stereocenters. The number of halogens is 1. The molecule has 2 aromatic heterocycles. The highest BCUT2D eigenvalue weighted by atomic mass is 35.5. The molecule has 10 heteroatoms. The summed E-state index contributed by atoms with van der Waals surface area (Å²) in [6.07, 6.45) is 7.21. The Labute approximate surface area is 201 Å². The van der Waals surface area contributed by atoms with E-state index in [0.29, 0.717) is 27.5 Å². The average Bonchev–Trinajstić information content (AvgIpc) is 3.10. The van der Waals surface area contributed by atoms with E-state index in [2.05, 4.69) is 26.8 Å². The van der Waals surface area contributed by atoms with Crippen LogP contribution in [0.3, 0.4) is 0 Å². The topological polar surface area (TPSA) is 99.2 Å². The second kappa shape index (κ2) is 8.87. The number of aryl methyl sites for hydroxylation is 1. The average molecular weight is 487 g/mol. The number of aromatic nitrogens is 4. The molecule has 0 saturated carbocycles. The lowest BCUT2D eigenvalue weighted by molar-refractivity contribution is 0.0974. The molecule has 5 rings (SSSR count). The van der Waals surface area contributed by atoms with E-state index in [1.54, 1.807) is 23.3 Å². The molecule has 3 aromatic rings. The van der Waals surface area contributed by atoms with Crippen LogP contribution in [0.2, 0.25) is 5.02 Å². The number of hydrogen-bond donors (Lipinski definition) is 1. The third-order valence-corrected chi connectivity index (χ3v) is 8.48. The third-order valence-electron chi connectivity index (χ3n) is 6.99. The van der Waals surface area contributed by atoms with Crippen molar-refractivity contribution in [2.45, 2.75) is 55.3 Å². The predicted molar refractivity (Wildman–Crippen MR) is 130 cm³/mol. The van der Waals surface area contributed by atoms with E-state index in [9.17, 15) is 4.79 Å². The highest BCUT2D eigenvalue weighted by Crippen LogP contribution is 2.42. The summed E-state index contributed by atoms with van der Waals surface area (Å²) in [4.78, 5) is 29.3. The van der Waals surface area contributed by atoms with E-state index < -0.39 is 0 Å². The van der Waals surface area contributed by atoms with Crippen molar-refractivity contribution in [3.05, 3.63) is 46.2 Å². The van der Waals surface area contributed by atoms with E-state index in [1.807, 2.05) is 19.1 Å². The van der Waals surface area contributed by atoms with Crippen molar-refractivity contribution in [2.75, 3.05) is 24.6 Å². The summed E-state index contributed by atoms with van der Waals surface area (Å²) >= 11 is 8.00. The molecule has 0 radical (unpaired) electrons. The first-order chi connectivity index (χ1) is 15.9. The van der Waals surface area contributed by atoms with Crippen LogP contribution in [-0.4, -0.2) is 51.4 Å². The molecule has 0 amide bonds. The van der Waals surface area contributed by atoms with Gasteiger partial charge in [-0.25, -0.2) is 15.0 Å².